The molecular weight excluding hydrogens is 426 g/mol. The summed E-state index contributed by atoms with van der Waals surface area (Å²) in [5.41, 5.74) is 4.39. The van der Waals surface area contributed by atoms with Gasteiger partial charge in [0.25, 0.3) is 5.56 Å². The highest BCUT2D eigenvalue weighted by atomic mass is 16.5. The van der Waals surface area contributed by atoms with Crippen LogP contribution < -0.4 is 20.5 Å². The van der Waals surface area contributed by atoms with Crippen LogP contribution in [0.15, 0.2) is 71.7 Å². The fraction of sp³-hybridized carbons (Fsp3) is 0.259. The van der Waals surface area contributed by atoms with Crippen LogP contribution in [0, 0.1) is 0 Å². The molecule has 3 heterocycles. The number of fused-ring (bicyclic) bond motifs is 1. The van der Waals surface area contributed by atoms with Crippen LogP contribution in [0.2, 0.25) is 0 Å². The molecule has 0 aliphatic carbocycles. The summed E-state index contributed by atoms with van der Waals surface area (Å²) < 4.78 is 7.00. The summed E-state index contributed by atoms with van der Waals surface area (Å²) in [7, 11) is 5.58. The number of nitrogens with zero attached hydrogens (tertiary/aromatic N) is 4. The summed E-state index contributed by atoms with van der Waals surface area (Å²) in [4.78, 5) is 22.5. The molecule has 7 heteroatoms. The molecule has 34 heavy (non-hydrogen) atoms. The minimum Gasteiger partial charge on any atom is -0.497 e. The summed E-state index contributed by atoms with van der Waals surface area (Å²) in [6.07, 6.45) is 1.81. The van der Waals surface area contributed by atoms with E-state index in [-0.39, 0.29) is 5.56 Å². The van der Waals surface area contributed by atoms with Crippen LogP contribution >= 0.6 is 0 Å². The van der Waals surface area contributed by atoms with Crippen LogP contribution in [-0.4, -0.2) is 54.8 Å². The number of piperazine rings is 1. The first kappa shape index (κ1) is 22.0. The number of rotatable bonds is 5. The van der Waals surface area contributed by atoms with Gasteiger partial charge in [-0.1, -0.05) is 18.2 Å². The Kier molecular flexibility index (Phi) is 5.94. The third kappa shape index (κ3) is 4.34. The summed E-state index contributed by atoms with van der Waals surface area (Å²) >= 11 is 0. The zero-order chi connectivity index (χ0) is 23.7. The van der Waals surface area contributed by atoms with Gasteiger partial charge in [0.1, 0.15) is 11.6 Å². The number of likely N-dealkylation sites (N-methyl/N-ethyl adjacent to an activating group) is 1. The minimum atomic E-state index is -0.0602. The Balaban J connectivity index is 1.44. The lowest BCUT2D eigenvalue weighted by molar-refractivity contribution is 0.313. The molecule has 2 aromatic heterocycles. The molecule has 1 saturated heterocycles. The minimum absolute atomic E-state index is 0.0602. The van der Waals surface area contributed by atoms with Crippen molar-refractivity contribution in [3.05, 3.63) is 77.2 Å². The number of ether oxygens (including phenoxy) is 1. The zero-order valence-electron chi connectivity index (χ0n) is 19.8. The summed E-state index contributed by atoms with van der Waals surface area (Å²) in [5, 5.41) is 4.31. The van der Waals surface area contributed by atoms with Crippen molar-refractivity contribution in [2.75, 3.05) is 50.6 Å². The Bertz CT molecular complexity index is 1390. The van der Waals surface area contributed by atoms with E-state index in [1.165, 1.54) is 5.69 Å². The number of nitrogens with one attached hydrogen (secondary N) is 1. The Morgan fingerprint density at radius 1 is 0.941 bits per heavy atom. The average Bonchev–Trinajstić information content (AvgIpc) is 2.87. The van der Waals surface area contributed by atoms with E-state index in [0.29, 0.717) is 11.4 Å². The Morgan fingerprint density at radius 2 is 1.74 bits per heavy atom. The van der Waals surface area contributed by atoms with Crippen molar-refractivity contribution in [3.63, 3.8) is 0 Å². The maximum Gasteiger partial charge on any atom is 0.258 e. The molecule has 0 saturated carbocycles. The number of hydrogen-bond acceptors (Lipinski definition) is 6. The van der Waals surface area contributed by atoms with Crippen molar-refractivity contribution in [3.8, 4) is 16.9 Å². The number of aryl methyl sites for hydroxylation is 1. The van der Waals surface area contributed by atoms with Crippen LogP contribution in [0.1, 0.15) is 0 Å². The van der Waals surface area contributed by atoms with E-state index in [4.69, 9.17) is 4.74 Å². The quantitative estimate of drug-likeness (QED) is 0.489. The number of methoxy groups -OCH3 is 1. The van der Waals surface area contributed by atoms with Crippen molar-refractivity contribution in [1.29, 1.82) is 0 Å². The molecule has 0 atom stereocenters. The van der Waals surface area contributed by atoms with Gasteiger partial charge in [-0.3, -0.25) is 4.79 Å². The van der Waals surface area contributed by atoms with Crippen LogP contribution in [0.5, 0.6) is 5.75 Å². The molecule has 1 aliphatic heterocycles. The first-order chi connectivity index (χ1) is 16.5. The standard InChI is InChI=1S/C27H29N5O2/c1-30-10-12-32(13-11-30)22-8-5-7-21(16-22)29-26-17-25-20(18-28-26)15-24(27(33)31(25)2)19-6-4-9-23(14-19)34-3/h4-9,14-18H,10-13H2,1-3H3,(H,28,29). The second kappa shape index (κ2) is 9.19. The van der Waals surface area contributed by atoms with Gasteiger partial charge in [-0.15, -0.1) is 0 Å². The summed E-state index contributed by atoms with van der Waals surface area (Å²) in [5.74, 6) is 1.42. The summed E-state index contributed by atoms with van der Waals surface area (Å²) in [6.45, 7) is 4.17. The van der Waals surface area contributed by atoms with E-state index in [0.717, 1.165) is 54.1 Å². The molecular formula is C27H29N5O2. The molecule has 174 valence electrons. The van der Waals surface area contributed by atoms with Crippen LogP contribution in [-0.2, 0) is 7.05 Å². The van der Waals surface area contributed by atoms with Gasteiger partial charge in [0.15, 0.2) is 0 Å². The highest BCUT2D eigenvalue weighted by molar-refractivity contribution is 5.86. The van der Waals surface area contributed by atoms with Gasteiger partial charge in [-0.05, 0) is 49.0 Å². The van der Waals surface area contributed by atoms with Crippen molar-refractivity contribution in [1.82, 2.24) is 14.5 Å². The maximum atomic E-state index is 13.2. The van der Waals surface area contributed by atoms with E-state index in [9.17, 15) is 4.79 Å². The lowest BCUT2D eigenvalue weighted by atomic mass is 10.1. The number of pyridine rings is 2. The van der Waals surface area contributed by atoms with Gasteiger partial charge < -0.3 is 24.4 Å². The second-order valence-electron chi connectivity index (χ2n) is 8.75. The fourth-order valence-electron chi connectivity index (χ4n) is 4.42. The highest BCUT2D eigenvalue weighted by Gasteiger charge is 2.15. The molecule has 4 aromatic rings. The highest BCUT2D eigenvalue weighted by Crippen LogP contribution is 2.27. The Morgan fingerprint density at radius 3 is 2.53 bits per heavy atom. The van der Waals surface area contributed by atoms with Crippen molar-refractivity contribution >= 4 is 28.1 Å². The number of aromatic nitrogens is 2. The molecule has 1 N–H and O–H groups in total. The zero-order valence-corrected chi connectivity index (χ0v) is 19.8. The number of anilines is 3. The fourth-order valence-corrected chi connectivity index (χ4v) is 4.42. The van der Waals surface area contributed by atoms with Crippen molar-refractivity contribution < 1.29 is 4.74 Å². The molecule has 0 bridgehead atoms. The van der Waals surface area contributed by atoms with Gasteiger partial charge in [0, 0.05) is 67.8 Å². The molecule has 0 unspecified atom stereocenters. The van der Waals surface area contributed by atoms with Crippen molar-refractivity contribution in [2.24, 2.45) is 7.05 Å². The molecule has 1 aliphatic rings. The molecule has 2 aromatic carbocycles. The van der Waals surface area contributed by atoms with E-state index < -0.39 is 0 Å². The van der Waals surface area contributed by atoms with Crippen LogP contribution in [0.3, 0.4) is 0 Å². The molecule has 1 fully saturated rings. The van der Waals surface area contributed by atoms with E-state index in [1.54, 1.807) is 18.7 Å². The number of benzene rings is 2. The molecule has 7 nitrogen and oxygen atoms in total. The third-order valence-corrected chi connectivity index (χ3v) is 6.48. The third-order valence-electron chi connectivity index (χ3n) is 6.48. The number of hydrogen-bond donors (Lipinski definition) is 1. The Hall–Kier alpha value is -3.84. The van der Waals surface area contributed by atoms with E-state index >= 15 is 0 Å². The lowest BCUT2D eigenvalue weighted by Crippen LogP contribution is -2.44. The van der Waals surface area contributed by atoms with Crippen LogP contribution in [0.4, 0.5) is 17.2 Å². The molecule has 0 radical (unpaired) electrons. The normalized spacial score (nSPS) is 14.4. The maximum absolute atomic E-state index is 13.2. The van der Waals surface area contributed by atoms with Crippen molar-refractivity contribution in [2.45, 2.75) is 0 Å². The topological polar surface area (TPSA) is 62.6 Å². The first-order valence-electron chi connectivity index (χ1n) is 11.5. The molecule has 0 amide bonds. The van der Waals surface area contributed by atoms with Crippen LogP contribution in [0.25, 0.3) is 22.0 Å². The van der Waals surface area contributed by atoms with E-state index in [1.807, 2.05) is 48.7 Å². The van der Waals surface area contributed by atoms with Gasteiger partial charge in [-0.25, -0.2) is 4.98 Å². The Labute approximate surface area is 199 Å². The predicted molar refractivity (Wildman–Crippen MR) is 138 cm³/mol. The van der Waals surface area contributed by atoms with Gasteiger partial charge in [0.2, 0.25) is 0 Å². The van der Waals surface area contributed by atoms with Gasteiger partial charge >= 0.3 is 0 Å². The predicted octanol–water partition coefficient (Wildman–Crippen LogP) is 4.10. The molecule has 5 rings (SSSR count). The summed E-state index contributed by atoms with van der Waals surface area (Å²) in [6, 6.07) is 19.8. The van der Waals surface area contributed by atoms with Gasteiger partial charge in [-0.2, -0.15) is 0 Å². The lowest BCUT2D eigenvalue weighted by Gasteiger charge is -2.34. The second-order valence-corrected chi connectivity index (χ2v) is 8.75. The smallest absolute Gasteiger partial charge is 0.258 e. The SMILES string of the molecule is COc1cccc(-c2cc3cnc(Nc4cccc(N5CCN(C)CC5)c4)cc3n(C)c2=O)c1. The largest absolute Gasteiger partial charge is 0.497 e. The molecule has 0 spiro atoms. The monoisotopic (exact) mass is 455 g/mol. The average molecular weight is 456 g/mol. The first-order valence-corrected chi connectivity index (χ1v) is 11.5. The van der Waals surface area contributed by atoms with Gasteiger partial charge in [0.05, 0.1) is 12.6 Å². The van der Waals surface area contributed by atoms with E-state index in [2.05, 4.69) is 45.3 Å².